The molecular formula is C14H20ClNO2S. The smallest absolute Gasteiger partial charge is 0.410 e. The number of ether oxygens (including phenoxy) is 1. The number of nitrogens with zero attached hydrogens (tertiary/aromatic N) is 1. The second kappa shape index (κ2) is 5.33. The number of halogens is 1. The van der Waals surface area contributed by atoms with Crippen LogP contribution in [-0.2, 0) is 17.6 Å². The minimum atomic E-state index is -0.448. The first kappa shape index (κ1) is 14.7. The SMILES string of the molecule is CN(C(=O)OC(C)(C)C)C1CCc2c(csc2Cl)C1. The number of carbonyl (C=O) groups is 1. The van der Waals surface area contributed by atoms with Crippen molar-refractivity contribution >= 4 is 29.0 Å². The van der Waals surface area contributed by atoms with Crippen molar-refractivity contribution in [2.24, 2.45) is 0 Å². The van der Waals surface area contributed by atoms with Crippen LogP contribution in [0.25, 0.3) is 0 Å². The van der Waals surface area contributed by atoms with Gasteiger partial charge in [-0.2, -0.15) is 0 Å². The van der Waals surface area contributed by atoms with Gasteiger partial charge in [-0.1, -0.05) is 11.6 Å². The van der Waals surface area contributed by atoms with Crippen LogP contribution >= 0.6 is 22.9 Å². The highest BCUT2D eigenvalue weighted by Gasteiger charge is 2.29. The lowest BCUT2D eigenvalue weighted by Gasteiger charge is -2.33. The standard InChI is InChI=1S/C14H20ClNO2S/c1-14(2,3)18-13(17)16(4)10-5-6-11-9(7-10)8-19-12(11)15/h8,10H,5-7H2,1-4H3. The third-order valence-corrected chi connectivity index (χ3v) is 4.69. The largest absolute Gasteiger partial charge is 0.444 e. The number of rotatable bonds is 1. The van der Waals surface area contributed by atoms with Gasteiger partial charge >= 0.3 is 6.09 Å². The Bertz CT molecular complexity index is 478. The third kappa shape index (κ3) is 3.42. The molecule has 0 spiro atoms. The quantitative estimate of drug-likeness (QED) is 0.780. The van der Waals surface area contributed by atoms with Crippen molar-refractivity contribution in [3.8, 4) is 0 Å². The lowest BCUT2D eigenvalue weighted by atomic mass is 9.91. The summed E-state index contributed by atoms with van der Waals surface area (Å²) in [5.41, 5.74) is 2.10. The summed E-state index contributed by atoms with van der Waals surface area (Å²) in [7, 11) is 1.82. The summed E-state index contributed by atoms with van der Waals surface area (Å²) < 4.78 is 6.31. The summed E-state index contributed by atoms with van der Waals surface area (Å²) in [6.07, 6.45) is 2.51. The van der Waals surface area contributed by atoms with Crippen LogP contribution in [0.3, 0.4) is 0 Å². The predicted octanol–water partition coefficient (Wildman–Crippen LogP) is 4.13. The Hall–Kier alpha value is -0.740. The molecule has 0 saturated heterocycles. The molecule has 19 heavy (non-hydrogen) atoms. The Balaban J connectivity index is 2.02. The summed E-state index contributed by atoms with van der Waals surface area (Å²) in [5, 5.41) is 2.10. The first-order chi connectivity index (χ1) is 8.78. The summed E-state index contributed by atoms with van der Waals surface area (Å²) >= 11 is 7.73. The number of carbonyl (C=O) groups excluding carboxylic acids is 1. The fraction of sp³-hybridized carbons (Fsp3) is 0.643. The van der Waals surface area contributed by atoms with Crippen LogP contribution in [0.15, 0.2) is 5.38 Å². The molecule has 1 unspecified atom stereocenters. The average Bonchev–Trinajstić information content (AvgIpc) is 2.67. The summed E-state index contributed by atoms with van der Waals surface area (Å²) in [6, 6.07) is 0.202. The lowest BCUT2D eigenvalue weighted by Crippen LogP contribution is -2.43. The summed E-state index contributed by atoms with van der Waals surface area (Å²) in [4.78, 5) is 13.8. The molecule has 1 atom stereocenters. The Morgan fingerprint density at radius 2 is 2.21 bits per heavy atom. The van der Waals surface area contributed by atoms with Gasteiger partial charge in [0.2, 0.25) is 0 Å². The zero-order chi connectivity index (χ0) is 14.2. The second-order valence-electron chi connectivity index (χ2n) is 6.00. The highest BCUT2D eigenvalue weighted by Crippen LogP contribution is 2.34. The van der Waals surface area contributed by atoms with E-state index in [1.807, 2.05) is 27.8 Å². The van der Waals surface area contributed by atoms with E-state index in [9.17, 15) is 4.79 Å². The predicted molar refractivity (Wildman–Crippen MR) is 79.1 cm³/mol. The van der Waals surface area contributed by atoms with Gasteiger partial charge in [0.1, 0.15) is 5.60 Å². The third-order valence-electron chi connectivity index (χ3n) is 3.34. The fourth-order valence-corrected chi connectivity index (χ4v) is 3.51. The molecule has 1 heterocycles. The van der Waals surface area contributed by atoms with Crippen LogP contribution in [0, 0.1) is 0 Å². The van der Waals surface area contributed by atoms with Gasteiger partial charge in [0.05, 0.1) is 4.34 Å². The normalized spacial score (nSPS) is 18.9. The lowest BCUT2D eigenvalue weighted by molar-refractivity contribution is 0.0210. The summed E-state index contributed by atoms with van der Waals surface area (Å²) in [5.74, 6) is 0. The number of likely N-dealkylation sites (N-methyl/N-ethyl adjacent to an activating group) is 1. The molecule has 0 fully saturated rings. The zero-order valence-corrected chi connectivity index (χ0v) is 13.4. The number of fused-ring (bicyclic) bond motifs is 1. The maximum atomic E-state index is 12.1. The van der Waals surface area contributed by atoms with E-state index in [4.69, 9.17) is 16.3 Å². The van der Waals surface area contributed by atoms with Crippen LogP contribution in [-0.4, -0.2) is 29.7 Å². The van der Waals surface area contributed by atoms with Crippen molar-refractivity contribution in [3.05, 3.63) is 20.8 Å². The van der Waals surface area contributed by atoms with Crippen LogP contribution in [0.5, 0.6) is 0 Å². The van der Waals surface area contributed by atoms with Crippen LogP contribution < -0.4 is 0 Å². The van der Waals surface area contributed by atoms with Crippen LogP contribution in [0.4, 0.5) is 4.79 Å². The number of thiophene rings is 1. The van der Waals surface area contributed by atoms with Gasteiger partial charge in [-0.3, -0.25) is 0 Å². The molecular weight excluding hydrogens is 282 g/mol. The molecule has 0 aromatic carbocycles. The Morgan fingerprint density at radius 1 is 1.53 bits per heavy atom. The van der Waals surface area contributed by atoms with E-state index in [1.165, 1.54) is 11.1 Å². The van der Waals surface area contributed by atoms with Crippen LogP contribution in [0.2, 0.25) is 4.34 Å². The van der Waals surface area contributed by atoms with Gasteiger partial charge in [0, 0.05) is 13.1 Å². The van der Waals surface area contributed by atoms with Crippen molar-refractivity contribution in [1.82, 2.24) is 4.90 Å². The van der Waals surface area contributed by atoms with E-state index < -0.39 is 5.60 Å². The van der Waals surface area contributed by atoms with E-state index >= 15 is 0 Å². The average molecular weight is 302 g/mol. The molecule has 1 amide bonds. The van der Waals surface area contributed by atoms with Gasteiger partial charge in [0.25, 0.3) is 0 Å². The molecule has 1 aromatic heterocycles. The molecule has 0 radical (unpaired) electrons. The van der Waals surface area contributed by atoms with Gasteiger partial charge in [-0.05, 0) is 56.5 Å². The maximum Gasteiger partial charge on any atom is 0.410 e. The molecule has 106 valence electrons. The van der Waals surface area contributed by atoms with E-state index in [0.29, 0.717) is 0 Å². The van der Waals surface area contributed by atoms with E-state index in [2.05, 4.69) is 5.38 Å². The second-order valence-corrected chi connectivity index (χ2v) is 7.48. The molecule has 0 saturated carbocycles. The number of hydrogen-bond acceptors (Lipinski definition) is 3. The molecule has 1 aliphatic rings. The van der Waals surface area contributed by atoms with Gasteiger partial charge in [0.15, 0.2) is 0 Å². The van der Waals surface area contributed by atoms with E-state index in [0.717, 1.165) is 23.6 Å². The first-order valence-electron chi connectivity index (χ1n) is 6.48. The van der Waals surface area contributed by atoms with Crippen LogP contribution in [0.1, 0.15) is 38.3 Å². The fourth-order valence-electron chi connectivity index (χ4n) is 2.30. The van der Waals surface area contributed by atoms with E-state index in [1.54, 1.807) is 16.2 Å². The molecule has 1 aliphatic carbocycles. The van der Waals surface area contributed by atoms with Gasteiger partial charge in [-0.15, -0.1) is 11.3 Å². The topological polar surface area (TPSA) is 29.5 Å². The molecule has 0 N–H and O–H groups in total. The van der Waals surface area contributed by atoms with Crippen molar-refractivity contribution in [3.63, 3.8) is 0 Å². The number of amides is 1. The summed E-state index contributed by atoms with van der Waals surface area (Å²) in [6.45, 7) is 5.66. The van der Waals surface area contributed by atoms with Crippen molar-refractivity contribution in [2.75, 3.05) is 7.05 Å². The van der Waals surface area contributed by atoms with Crippen molar-refractivity contribution in [1.29, 1.82) is 0 Å². The molecule has 3 nitrogen and oxygen atoms in total. The number of hydrogen-bond donors (Lipinski definition) is 0. The molecule has 2 rings (SSSR count). The minimum absolute atomic E-state index is 0.202. The Kier molecular flexibility index (Phi) is 4.11. The minimum Gasteiger partial charge on any atom is -0.444 e. The Labute approximate surface area is 123 Å². The highest BCUT2D eigenvalue weighted by atomic mass is 35.5. The Morgan fingerprint density at radius 3 is 2.84 bits per heavy atom. The van der Waals surface area contributed by atoms with Crippen molar-refractivity contribution < 1.29 is 9.53 Å². The molecule has 0 bridgehead atoms. The monoisotopic (exact) mass is 301 g/mol. The maximum absolute atomic E-state index is 12.1. The van der Waals surface area contributed by atoms with E-state index in [-0.39, 0.29) is 12.1 Å². The molecule has 0 aliphatic heterocycles. The van der Waals surface area contributed by atoms with Crippen molar-refractivity contribution in [2.45, 2.75) is 51.7 Å². The highest BCUT2D eigenvalue weighted by molar-refractivity contribution is 7.14. The van der Waals surface area contributed by atoms with Gasteiger partial charge in [-0.25, -0.2) is 4.79 Å². The zero-order valence-electron chi connectivity index (χ0n) is 11.8. The first-order valence-corrected chi connectivity index (χ1v) is 7.74. The molecule has 5 heteroatoms. The molecule has 1 aromatic rings. The van der Waals surface area contributed by atoms with Gasteiger partial charge < -0.3 is 9.64 Å².